The van der Waals surface area contributed by atoms with E-state index in [-0.39, 0.29) is 0 Å². The van der Waals surface area contributed by atoms with Crippen LogP contribution in [0.1, 0.15) is 30.6 Å². The molecule has 106 valence electrons. The molecule has 2 aromatic rings. The van der Waals surface area contributed by atoms with Gasteiger partial charge in [-0.15, -0.1) is 0 Å². The van der Waals surface area contributed by atoms with E-state index in [9.17, 15) is 5.11 Å². The molecule has 0 radical (unpaired) electrons. The first-order valence-corrected chi connectivity index (χ1v) is 6.96. The molecule has 2 rings (SSSR count). The zero-order chi connectivity index (χ0) is 14.2. The Labute approximate surface area is 119 Å². The lowest BCUT2D eigenvalue weighted by Gasteiger charge is -2.17. The fourth-order valence-corrected chi connectivity index (χ4v) is 2.05. The first kappa shape index (κ1) is 14.6. The van der Waals surface area contributed by atoms with E-state index < -0.39 is 6.10 Å². The lowest BCUT2D eigenvalue weighted by atomic mass is 10.1. The van der Waals surface area contributed by atoms with Gasteiger partial charge < -0.3 is 10.4 Å². The number of aliphatic hydroxyl groups excluding tert-OH is 1. The van der Waals surface area contributed by atoms with Gasteiger partial charge in [0.25, 0.3) is 0 Å². The van der Waals surface area contributed by atoms with E-state index in [1.807, 2.05) is 36.7 Å². The summed E-state index contributed by atoms with van der Waals surface area (Å²) in [5, 5.41) is 13.4. The highest BCUT2D eigenvalue weighted by molar-refractivity contribution is 5.13. The SMILES string of the molecule is CC(CCc1ccncc1)NCC(O)c1ccncc1. The number of hydrogen-bond donors (Lipinski definition) is 2. The van der Waals surface area contributed by atoms with Gasteiger partial charge in [0.15, 0.2) is 0 Å². The molecule has 0 spiro atoms. The van der Waals surface area contributed by atoms with E-state index in [1.165, 1.54) is 5.56 Å². The van der Waals surface area contributed by atoms with Crippen molar-refractivity contribution in [2.75, 3.05) is 6.54 Å². The fraction of sp³-hybridized carbons (Fsp3) is 0.375. The Bertz CT molecular complexity index is 490. The fourth-order valence-electron chi connectivity index (χ4n) is 2.05. The van der Waals surface area contributed by atoms with Crippen molar-refractivity contribution in [3.05, 3.63) is 60.2 Å². The maximum atomic E-state index is 10.1. The van der Waals surface area contributed by atoms with Gasteiger partial charge in [-0.25, -0.2) is 0 Å². The number of hydrogen-bond acceptors (Lipinski definition) is 4. The Kier molecular flexibility index (Phi) is 5.65. The highest BCUT2D eigenvalue weighted by Gasteiger charge is 2.09. The standard InChI is InChI=1S/C16H21N3O/c1-13(2-3-14-4-8-17-9-5-14)19-12-16(20)15-6-10-18-11-7-15/h4-11,13,16,19-20H,2-3,12H2,1H3. The van der Waals surface area contributed by atoms with Gasteiger partial charge >= 0.3 is 0 Å². The molecule has 0 aromatic carbocycles. The first-order valence-electron chi connectivity index (χ1n) is 6.96. The van der Waals surface area contributed by atoms with Gasteiger partial charge in [-0.2, -0.15) is 0 Å². The molecule has 4 nitrogen and oxygen atoms in total. The molecule has 4 heteroatoms. The predicted octanol–water partition coefficient (Wildman–Crippen LogP) is 2.12. The molecule has 2 N–H and O–H groups in total. The number of nitrogens with zero attached hydrogens (tertiary/aromatic N) is 2. The second-order valence-electron chi connectivity index (χ2n) is 5.00. The smallest absolute Gasteiger partial charge is 0.0915 e. The minimum Gasteiger partial charge on any atom is -0.387 e. The molecule has 0 aliphatic heterocycles. The van der Waals surface area contributed by atoms with Crippen LogP contribution < -0.4 is 5.32 Å². The second-order valence-corrected chi connectivity index (χ2v) is 5.00. The lowest BCUT2D eigenvalue weighted by molar-refractivity contribution is 0.170. The third kappa shape index (κ3) is 4.72. The zero-order valence-electron chi connectivity index (χ0n) is 11.7. The predicted molar refractivity (Wildman–Crippen MR) is 79.2 cm³/mol. The van der Waals surface area contributed by atoms with E-state index in [1.54, 1.807) is 12.4 Å². The molecule has 0 amide bonds. The van der Waals surface area contributed by atoms with Gasteiger partial charge in [0.05, 0.1) is 6.10 Å². The van der Waals surface area contributed by atoms with Crippen molar-refractivity contribution in [3.8, 4) is 0 Å². The topological polar surface area (TPSA) is 58.0 Å². The van der Waals surface area contributed by atoms with Crippen molar-refractivity contribution in [2.45, 2.75) is 31.9 Å². The number of pyridine rings is 2. The summed E-state index contributed by atoms with van der Waals surface area (Å²) < 4.78 is 0. The van der Waals surface area contributed by atoms with Crippen LogP contribution in [0.25, 0.3) is 0 Å². The van der Waals surface area contributed by atoms with Gasteiger partial charge in [0.2, 0.25) is 0 Å². The normalized spacial score (nSPS) is 13.9. The Morgan fingerprint density at radius 1 is 1.05 bits per heavy atom. The number of nitrogens with one attached hydrogen (secondary N) is 1. The third-order valence-corrected chi connectivity index (χ3v) is 3.37. The van der Waals surface area contributed by atoms with Crippen LogP contribution in [-0.4, -0.2) is 27.7 Å². The molecular formula is C16H21N3O. The summed E-state index contributed by atoms with van der Waals surface area (Å²) in [5.74, 6) is 0. The molecule has 2 heterocycles. The minimum atomic E-state index is -0.485. The Balaban J connectivity index is 1.71. The highest BCUT2D eigenvalue weighted by atomic mass is 16.3. The summed E-state index contributed by atoms with van der Waals surface area (Å²) >= 11 is 0. The number of aryl methyl sites for hydroxylation is 1. The number of aromatic nitrogens is 2. The molecular weight excluding hydrogens is 250 g/mol. The summed E-state index contributed by atoms with van der Waals surface area (Å²) in [4.78, 5) is 7.96. The molecule has 0 aliphatic rings. The summed E-state index contributed by atoms with van der Waals surface area (Å²) in [6, 6.07) is 8.12. The van der Waals surface area contributed by atoms with E-state index in [2.05, 4.69) is 22.2 Å². The van der Waals surface area contributed by atoms with Gasteiger partial charge in [-0.3, -0.25) is 9.97 Å². The van der Waals surface area contributed by atoms with Crippen LogP contribution in [0.3, 0.4) is 0 Å². The van der Waals surface area contributed by atoms with Crippen LogP contribution in [0.5, 0.6) is 0 Å². The highest BCUT2D eigenvalue weighted by Crippen LogP contribution is 2.10. The van der Waals surface area contributed by atoms with E-state index in [4.69, 9.17) is 0 Å². The third-order valence-electron chi connectivity index (χ3n) is 3.37. The first-order chi connectivity index (χ1) is 9.75. The number of aliphatic hydroxyl groups is 1. The molecule has 0 bridgehead atoms. The quantitative estimate of drug-likeness (QED) is 0.810. The van der Waals surface area contributed by atoms with Crippen molar-refractivity contribution in [1.29, 1.82) is 0 Å². The molecule has 2 atom stereocenters. The average Bonchev–Trinajstić information content (AvgIpc) is 2.52. The van der Waals surface area contributed by atoms with Crippen molar-refractivity contribution >= 4 is 0 Å². The molecule has 20 heavy (non-hydrogen) atoms. The van der Waals surface area contributed by atoms with Crippen molar-refractivity contribution in [1.82, 2.24) is 15.3 Å². The molecule has 2 aromatic heterocycles. The summed E-state index contributed by atoms with van der Waals surface area (Å²) in [7, 11) is 0. The molecule has 0 fully saturated rings. The molecule has 2 unspecified atom stereocenters. The van der Waals surface area contributed by atoms with Crippen molar-refractivity contribution in [2.24, 2.45) is 0 Å². The Hall–Kier alpha value is -1.78. The van der Waals surface area contributed by atoms with Crippen molar-refractivity contribution < 1.29 is 5.11 Å². The van der Waals surface area contributed by atoms with Gasteiger partial charge in [-0.05, 0) is 55.2 Å². The molecule has 0 aliphatic carbocycles. The average molecular weight is 271 g/mol. The maximum Gasteiger partial charge on any atom is 0.0915 e. The lowest BCUT2D eigenvalue weighted by Crippen LogP contribution is -2.30. The molecule has 0 saturated heterocycles. The summed E-state index contributed by atoms with van der Waals surface area (Å²) in [6.45, 7) is 2.70. The van der Waals surface area contributed by atoms with Gasteiger partial charge in [0, 0.05) is 37.4 Å². The van der Waals surface area contributed by atoms with Crippen LogP contribution in [0.15, 0.2) is 49.1 Å². The minimum absolute atomic E-state index is 0.361. The summed E-state index contributed by atoms with van der Waals surface area (Å²) in [5.41, 5.74) is 2.19. The van der Waals surface area contributed by atoms with Crippen LogP contribution in [0.2, 0.25) is 0 Å². The van der Waals surface area contributed by atoms with Gasteiger partial charge in [-0.1, -0.05) is 0 Å². The van der Waals surface area contributed by atoms with Crippen LogP contribution in [0.4, 0.5) is 0 Å². The number of rotatable bonds is 7. The Morgan fingerprint density at radius 2 is 1.65 bits per heavy atom. The van der Waals surface area contributed by atoms with E-state index >= 15 is 0 Å². The van der Waals surface area contributed by atoms with Crippen molar-refractivity contribution in [3.63, 3.8) is 0 Å². The monoisotopic (exact) mass is 271 g/mol. The molecule has 0 saturated carbocycles. The van der Waals surface area contributed by atoms with Crippen LogP contribution >= 0.6 is 0 Å². The van der Waals surface area contributed by atoms with Crippen LogP contribution in [0, 0.1) is 0 Å². The van der Waals surface area contributed by atoms with Gasteiger partial charge in [0.1, 0.15) is 0 Å². The zero-order valence-corrected chi connectivity index (χ0v) is 11.7. The second kappa shape index (κ2) is 7.72. The largest absolute Gasteiger partial charge is 0.387 e. The maximum absolute atomic E-state index is 10.1. The van der Waals surface area contributed by atoms with E-state index in [0.717, 1.165) is 18.4 Å². The van der Waals surface area contributed by atoms with Crippen LogP contribution in [-0.2, 0) is 6.42 Å². The van der Waals surface area contributed by atoms with E-state index in [0.29, 0.717) is 12.6 Å². The summed E-state index contributed by atoms with van der Waals surface area (Å²) in [6.07, 6.45) is 8.61. The Morgan fingerprint density at radius 3 is 2.30 bits per heavy atom.